The second-order valence-electron chi connectivity index (χ2n) is 6.07. The Morgan fingerprint density at radius 3 is 2.71 bits per heavy atom. The van der Waals surface area contributed by atoms with Crippen LogP contribution in [-0.4, -0.2) is 30.3 Å². The lowest BCUT2D eigenvalue weighted by molar-refractivity contribution is 0.102. The number of nitrogens with zero attached hydrogens (tertiary/aromatic N) is 5. The van der Waals surface area contributed by atoms with E-state index in [1.807, 2.05) is 76.8 Å². The molecule has 0 radical (unpaired) electrons. The number of aromatic nitrogens is 5. The fraction of sp³-hybridized carbons (Fsp3) is 0. The zero-order chi connectivity index (χ0) is 18.9. The van der Waals surface area contributed by atoms with Gasteiger partial charge >= 0.3 is 0 Å². The number of anilines is 1. The van der Waals surface area contributed by atoms with Gasteiger partial charge in [0.25, 0.3) is 5.91 Å². The molecule has 0 aliphatic heterocycles. The molecule has 2 aromatic carbocycles. The number of carbonyl (C=O) groups is 1. The molecule has 0 fully saturated rings. The van der Waals surface area contributed by atoms with Crippen molar-refractivity contribution in [2.45, 2.75) is 0 Å². The summed E-state index contributed by atoms with van der Waals surface area (Å²) in [5.74, 6) is -0.323. The molecule has 0 saturated carbocycles. The summed E-state index contributed by atoms with van der Waals surface area (Å²) in [6.45, 7) is 0. The lowest BCUT2D eigenvalue weighted by Crippen LogP contribution is -2.14. The standard InChI is InChI=1S/C20H14N6OS/c27-19(17-12-21-26(24-17)14-6-2-1-3-7-14)22-16-9-5-4-8-15(16)18-13-25-10-11-28-20(25)23-18/h1-13H,(H,22,27). The third-order valence-corrected chi connectivity index (χ3v) is 5.03. The maximum atomic E-state index is 12.7. The maximum Gasteiger partial charge on any atom is 0.277 e. The third-order valence-electron chi connectivity index (χ3n) is 4.26. The normalized spacial score (nSPS) is 11.0. The zero-order valence-electron chi connectivity index (χ0n) is 14.6. The van der Waals surface area contributed by atoms with Gasteiger partial charge in [0.15, 0.2) is 10.7 Å². The third kappa shape index (κ3) is 2.95. The van der Waals surface area contributed by atoms with Gasteiger partial charge < -0.3 is 5.32 Å². The minimum atomic E-state index is -0.323. The van der Waals surface area contributed by atoms with Crippen molar-refractivity contribution in [2.24, 2.45) is 0 Å². The van der Waals surface area contributed by atoms with Crippen molar-refractivity contribution in [3.05, 3.63) is 84.3 Å². The van der Waals surface area contributed by atoms with Crippen LogP contribution in [0, 0.1) is 0 Å². The first-order valence-corrected chi connectivity index (χ1v) is 9.46. The minimum absolute atomic E-state index is 0.240. The van der Waals surface area contributed by atoms with Crippen LogP contribution in [0.2, 0.25) is 0 Å². The first-order valence-electron chi connectivity index (χ1n) is 8.59. The first kappa shape index (κ1) is 16.4. The number of para-hydroxylation sites is 2. The number of imidazole rings is 1. The van der Waals surface area contributed by atoms with Gasteiger partial charge in [0, 0.05) is 23.3 Å². The number of amides is 1. The van der Waals surface area contributed by atoms with E-state index in [-0.39, 0.29) is 11.6 Å². The van der Waals surface area contributed by atoms with E-state index in [4.69, 9.17) is 0 Å². The van der Waals surface area contributed by atoms with E-state index in [2.05, 4.69) is 20.5 Å². The summed E-state index contributed by atoms with van der Waals surface area (Å²) in [6, 6.07) is 17.0. The molecule has 3 aromatic heterocycles. The van der Waals surface area contributed by atoms with Crippen LogP contribution in [0.25, 0.3) is 21.9 Å². The van der Waals surface area contributed by atoms with Crippen LogP contribution in [0.15, 0.2) is 78.6 Å². The van der Waals surface area contributed by atoms with E-state index in [1.54, 1.807) is 11.3 Å². The quantitative estimate of drug-likeness (QED) is 0.508. The average Bonchev–Trinajstić information content (AvgIpc) is 3.45. The molecule has 1 N–H and O–H groups in total. The number of benzene rings is 2. The smallest absolute Gasteiger partial charge is 0.277 e. The van der Waals surface area contributed by atoms with Crippen molar-refractivity contribution in [3.63, 3.8) is 0 Å². The van der Waals surface area contributed by atoms with Crippen LogP contribution in [0.4, 0.5) is 5.69 Å². The second-order valence-corrected chi connectivity index (χ2v) is 6.95. The molecule has 5 rings (SSSR count). The van der Waals surface area contributed by atoms with Gasteiger partial charge in [-0.15, -0.1) is 16.4 Å². The van der Waals surface area contributed by atoms with E-state index in [0.717, 1.165) is 21.9 Å². The van der Waals surface area contributed by atoms with Crippen molar-refractivity contribution < 1.29 is 4.79 Å². The molecular weight excluding hydrogens is 372 g/mol. The highest BCUT2D eigenvalue weighted by atomic mass is 32.1. The van der Waals surface area contributed by atoms with Crippen LogP contribution in [0.1, 0.15) is 10.5 Å². The molecule has 7 nitrogen and oxygen atoms in total. The largest absolute Gasteiger partial charge is 0.320 e. The number of nitrogens with one attached hydrogen (secondary N) is 1. The molecule has 0 unspecified atom stereocenters. The predicted octanol–water partition coefficient (Wildman–Crippen LogP) is 3.90. The van der Waals surface area contributed by atoms with Crippen molar-refractivity contribution >= 4 is 27.9 Å². The predicted molar refractivity (Wildman–Crippen MR) is 108 cm³/mol. The summed E-state index contributed by atoms with van der Waals surface area (Å²) in [5.41, 5.74) is 3.36. The maximum absolute atomic E-state index is 12.7. The number of carbonyl (C=O) groups excluding carboxylic acids is 1. The highest BCUT2D eigenvalue weighted by molar-refractivity contribution is 7.15. The molecule has 8 heteroatoms. The Bertz CT molecular complexity index is 1240. The monoisotopic (exact) mass is 386 g/mol. The molecule has 0 aliphatic rings. The molecule has 1 amide bonds. The summed E-state index contributed by atoms with van der Waals surface area (Å²) in [6.07, 6.45) is 5.36. The van der Waals surface area contributed by atoms with Gasteiger partial charge in [-0.05, 0) is 18.2 Å². The Balaban J connectivity index is 1.43. The van der Waals surface area contributed by atoms with E-state index >= 15 is 0 Å². The van der Waals surface area contributed by atoms with Gasteiger partial charge in [-0.2, -0.15) is 9.90 Å². The Kier molecular flexibility index (Phi) is 3.95. The van der Waals surface area contributed by atoms with Crippen LogP contribution in [0.3, 0.4) is 0 Å². The summed E-state index contributed by atoms with van der Waals surface area (Å²) >= 11 is 1.56. The van der Waals surface area contributed by atoms with Crippen LogP contribution >= 0.6 is 11.3 Å². The highest BCUT2D eigenvalue weighted by Crippen LogP contribution is 2.28. The van der Waals surface area contributed by atoms with Gasteiger partial charge in [0.2, 0.25) is 0 Å². The Morgan fingerprint density at radius 1 is 1.04 bits per heavy atom. The van der Waals surface area contributed by atoms with Crippen molar-refractivity contribution in [1.29, 1.82) is 0 Å². The Hall–Kier alpha value is -3.78. The number of hydrogen-bond donors (Lipinski definition) is 1. The fourth-order valence-corrected chi connectivity index (χ4v) is 3.61. The summed E-state index contributed by atoms with van der Waals surface area (Å²) in [4.78, 5) is 19.7. The average molecular weight is 386 g/mol. The zero-order valence-corrected chi connectivity index (χ0v) is 15.4. The summed E-state index contributed by atoms with van der Waals surface area (Å²) < 4.78 is 1.96. The number of thiazole rings is 1. The van der Waals surface area contributed by atoms with Gasteiger partial charge in [0.05, 0.1) is 23.3 Å². The number of fused-ring (bicyclic) bond motifs is 1. The van der Waals surface area contributed by atoms with Gasteiger partial charge in [0.1, 0.15) is 0 Å². The molecule has 0 atom stereocenters. The molecule has 0 spiro atoms. The molecule has 5 aromatic rings. The van der Waals surface area contributed by atoms with Gasteiger partial charge in [-0.3, -0.25) is 9.20 Å². The Labute approximate surface area is 163 Å². The van der Waals surface area contributed by atoms with Crippen LogP contribution in [0.5, 0.6) is 0 Å². The molecule has 28 heavy (non-hydrogen) atoms. The van der Waals surface area contributed by atoms with E-state index < -0.39 is 0 Å². The highest BCUT2D eigenvalue weighted by Gasteiger charge is 2.15. The van der Waals surface area contributed by atoms with Crippen molar-refractivity contribution in [1.82, 2.24) is 24.4 Å². The van der Waals surface area contributed by atoms with E-state index in [0.29, 0.717) is 5.69 Å². The first-order chi connectivity index (χ1) is 13.8. The summed E-state index contributed by atoms with van der Waals surface area (Å²) in [5, 5.41) is 13.4. The van der Waals surface area contributed by atoms with Crippen molar-refractivity contribution in [3.8, 4) is 16.9 Å². The molecule has 0 aliphatic carbocycles. The molecule has 136 valence electrons. The number of hydrogen-bond acceptors (Lipinski definition) is 5. The lowest BCUT2D eigenvalue weighted by atomic mass is 10.1. The summed E-state index contributed by atoms with van der Waals surface area (Å²) in [7, 11) is 0. The van der Waals surface area contributed by atoms with E-state index in [1.165, 1.54) is 11.0 Å². The van der Waals surface area contributed by atoms with Crippen LogP contribution in [-0.2, 0) is 0 Å². The lowest BCUT2D eigenvalue weighted by Gasteiger charge is -2.08. The van der Waals surface area contributed by atoms with Gasteiger partial charge in [-0.1, -0.05) is 36.4 Å². The second kappa shape index (κ2) is 6.75. The Morgan fingerprint density at radius 2 is 1.86 bits per heavy atom. The molecule has 3 heterocycles. The molecular formula is C20H14N6OS. The van der Waals surface area contributed by atoms with E-state index in [9.17, 15) is 4.79 Å². The topological polar surface area (TPSA) is 77.1 Å². The molecule has 0 bridgehead atoms. The minimum Gasteiger partial charge on any atom is -0.320 e. The molecule has 0 saturated heterocycles. The van der Waals surface area contributed by atoms with Crippen molar-refractivity contribution in [2.75, 3.05) is 5.32 Å². The van der Waals surface area contributed by atoms with Gasteiger partial charge in [-0.25, -0.2) is 4.98 Å². The van der Waals surface area contributed by atoms with Crippen LogP contribution < -0.4 is 5.32 Å². The SMILES string of the molecule is O=C(Nc1ccccc1-c1cn2ccsc2n1)c1cnn(-c2ccccc2)n1. The number of rotatable bonds is 4. The fourth-order valence-electron chi connectivity index (χ4n) is 2.91.